The summed E-state index contributed by atoms with van der Waals surface area (Å²) in [5.41, 5.74) is 7.30. The van der Waals surface area contributed by atoms with E-state index in [1.165, 1.54) is 0 Å². The molecule has 1 aromatic rings. The van der Waals surface area contributed by atoms with Crippen molar-refractivity contribution in [2.24, 2.45) is 17.6 Å². The summed E-state index contributed by atoms with van der Waals surface area (Å²) in [4.78, 5) is 0. The lowest BCUT2D eigenvalue weighted by Gasteiger charge is -2.22. The normalized spacial score (nSPS) is 15.9. The first-order valence-corrected chi connectivity index (χ1v) is 5.34. The number of nitrogens with zero attached hydrogens (tertiary/aromatic N) is 2. The van der Waals surface area contributed by atoms with Crippen molar-refractivity contribution in [1.82, 2.24) is 9.78 Å². The fourth-order valence-corrected chi connectivity index (χ4v) is 1.44. The Balaban J connectivity index is 2.73. The highest BCUT2D eigenvalue weighted by atomic mass is 15.3. The topological polar surface area (TPSA) is 43.8 Å². The van der Waals surface area contributed by atoms with Gasteiger partial charge in [0.25, 0.3) is 0 Å². The van der Waals surface area contributed by atoms with Crippen molar-refractivity contribution < 1.29 is 0 Å². The van der Waals surface area contributed by atoms with Crippen LogP contribution in [0.1, 0.15) is 39.3 Å². The Labute approximate surface area is 86.3 Å². The smallest absolute Gasteiger partial charge is 0.0537 e. The maximum absolute atomic E-state index is 6.15. The van der Waals surface area contributed by atoms with Gasteiger partial charge in [-0.05, 0) is 18.8 Å². The van der Waals surface area contributed by atoms with E-state index in [1.807, 2.05) is 17.1 Å². The molecule has 1 rings (SSSR count). The summed E-state index contributed by atoms with van der Waals surface area (Å²) in [5.74, 6) is 1.10. The van der Waals surface area contributed by atoms with Crippen molar-refractivity contribution in [1.29, 1.82) is 0 Å². The minimum Gasteiger partial charge on any atom is -0.324 e. The second kappa shape index (κ2) is 4.60. The first-order valence-electron chi connectivity index (χ1n) is 5.34. The summed E-state index contributed by atoms with van der Waals surface area (Å²) < 4.78 is 1.92. The van der Waals surface area contributed by atoms with Crippen molar-refractivity contribution in [2.75, 3.05) is 0 Å². The quantitative estimate of drug-likeness (QED) is 0.800. The predicted octanol–water partition coefficient (Wildman–Crippen LogP) is 2.19. The van der Waals surface area contributed by atoms with Crippen LogP contribution in [0.2, 0.25) is 0 Å². The van der Waals surface area contributed by atoms with Crippen molar-refractivity contribution in [3.63, 3.8) is 0 Å². The van der Waals surface area contributed by atoms with Crippen LogP contribution in [-0.2, 0) is 6.54 Å². The lowest BCUT2D eigenvalue weighted by atomic mass is 9.88. The summed E-state index contributed by atoms with van der Waals surface area (Å²) in [6.45, 7) is 9.58. The zero-order valence-electron chi connectivity index (χ0n) is 9.57. The summed E-state index contributed by atoms with van der Waals surface area (Å²) in [6.07, 6.45) is 3.93. The van der Waals surface area contributed by atoms with E-state index in [4.69, 9.17) is 5.73 Å². The number of aryl methyl sites for hydroxylation is 1. The van der Waals surface area contributed by atoms with E-state index in [1.54, 1.807) is 0 Å². The SMILES string of the molecule is CCn1cc(C(N)C(C)C(C)C)cn1. The Bertz CT molecular complexity index is 278. The average molecular weight is 195 g/mol. The molecular formula is C11H21N3. The third-order valence-electron chi connectivity index (χ3n) is 2.98. The summed E-state index contributed by atoms with van der Waals surface area (Å²) in [6, 6.07) is 0.107. The van der Waals surface area contributed by atoms with Crippen molar-refractivity contribution in [3.05, 3.63) is 18.0 Å². The van der Waals surface area contributed by atoms with Gasteiger partial charge in [0, 0.05) is 24.3 Å². The fraction of sp³-hybridized carbons (Fsp3) is 0.727. The molecule has 14 heavy (non-hydrogen) atoms. The maximum Gasteiger partial charge on any atom is 0.0537 e. The standard InChI is InChI=1S/C11H21N3/c1-5-14-7-10(6-13-14)11(12)9(4)8(2)3/h6-9,11H,5,12H2,1-4H3. The molecule has 0 aliphatic carbocycles. The molecule has 0 spiro atoms. The molecule has 0 fully saturated rings. The first kappa shape index (κ1) is 11.2. The molecule has 0 aliphatic heterocycles. The molecule has 0 amide bonds. The molecule has 1 heterocycles. The maximum atomic E-state index is 6.15. The highest BCUT2D eigenvalue weighted by Gasteiger charge is 2.19. The van der Waals surface area contributed by atoms with Crippen molar-refractivity contribution in [2.45, 2.75) is 40.3 Å². The molecule has 0 saturated carbocycles. The van der Waals surface area contributed by atoms with Gasteiger partial charge in [0.2, 0.25) is 0 Å². The molecule has 2 unspecified atom stereocenters. The molecule has 0 radical (unpaired) electrons. The van der Waals surface area contributed by atoms with Gasteiger partial charge in [-0.3, -0.25) is 4.68 Å². The molecule has 2 atom stereocenters. The third kappa shape index (κ3) is 2.35. The summed E-state index contributed by atoms with van der Waals surface area (Å²) >= 11 is 0. The summed E-state index contributed by atoms with van der Waals surface area (Å²) in [5, 5.41) is 4.23. The van der Waals surface area contributed by atoms with E-state index in [0.717, 1.165) is 12.1 Å². The monoisotopic (exact) mass is 195 g/mol. The van der Waals surface area contributed by atoms with Gasteiger partial charge in [-0.1, -0.05) is 20.8 Å². The molecule has 0 saturated heterocycles. The van der Waals surface area contributed by atoms with E-state index in [0.29, 0.717) is 11.8 Å². The minimum atomic E-state index is 0.107. The number of hydrogen-bond acceptors (Lipinski definition) is 2. The molecule has 3 heteroatoms. The molecule has 1 aromatic heterocycles. The zero-order valence-corrected chi connectivity index (χ0v) is 9.57. The van der Waals surface area contributed by atoms with Gasteiger partial charge < -0.3 is 5.73 Å². The van der Waals surface area contributed by atoms with Crippen LogP contribution in [0.3, 0.4) is 0 Å². The Kier molecular flexibility index (Phi) is 3.69. The van der Waals surface area contributed by atoms with Gasteiger partial charge in [-0.25, -0.2) is 0 Å². The van der Waals surface area contributed by atoms with E-state index in [-0.39, 0.29) is 6.04 Å². The van der Waals surface area contributed by atoms with Crippen molar-refractivity contribution >= 4 is 0 Å². The van der Waals surface area contributed by atoms with Crippen molar-refractivity contribution in [3.8, 4) is 0 Å². The van der Waals surface area contributed by atoms with Crippen LogP contribution in [0, 0.1) is 11.8 Å². The highest BCUT2D eigenvalue weighted by molar-refractivity contribution is 5.10. The van der Waals surface area contributed by atoms with Crippen LogP contribution in [0.25, 0.3) is 0 Å². The van der Waals surface area contributed by atoms with Gasteiger partial charge in [-0.15, -0.1) is 0 Å². The van der Waals surface area contributed by atoms with Crippen LogP contribution >= 0.6 is 0 Å². The predicted molar refractivity (Wildman–Crippen MR) is 58.8 cm³/mol. The number of rotatable bonds is 4. The van der Waals surface area contributed by atoms with Crippen LogP contribution in [0.5, 0.6) is 0 Å². The van der Waals surface area contributed by atoms with Gasteiger partial charge in [0.15, 0.2) is 0 Å². The van der Waals surface area contributed by atoms with E-state index in [2.05, 4.69) is 32.8 Å². The Morgan fingerprint density at radius 3 is 2.50 bits per heavy atom. The van der Waals surface area contributed by atoms with Crippen LogP contribution in [0.4, 0.5) is 0 Å². The lowest BCUT2D eigenvalue weighted by molar-refractivity contribution is 0.352. The zero-order chi connectivity index (χ0) is 10.7. The number of nitrogens with two attached hydrogens (primary N) is 1. The third-order valence-corrected chi connectivity index (χ3v) is 2.98. The second-order valence-corrected chi connectivity index (χ2v) is 4.26. The van der Waals surface area contributed by atoms with E-state index < -0.39 is 0 Å². The molecule has 0 aliphatic rings. The fourth-order valence-electron chi connectivity index (χ4n) is 1.44. The molecule has 0 aromatic carbocycles. The van der Waals surface area contributed by atoms with Gasteiger partial charge >= 0.3 is 0 Å². The molecule has 0 bridgehead atoms. The second-order valence-electron chi connectivity index (χ2n) is 4.26. The minimum absolute atomic E-state index is 0.107. The van der Waals surface area contributed by atoms with E-state index in [9.17, 15) is 0 Å². The van der Waals surface area contributed by atoms with Crippen LogP contribution < -0.4 is 5.73 Å². The van der Waals surface area contributed by atoms with Gasteiger partial charge in [0.1, 0.15) is 0 Å². The molecule has 2 N–H and O–H groups in total. The van der Waals surface area contributed by atoms with Gasteiger partial charge in [-0.2, -0.15) is 5.10 Å². The average Bonchev–Trinajstić information content (AvgIpc) is 2.63. The largest absolute Gasteiger partial charge is 0.324 e. The van der Waals surface area contributed by atoms with Crippen LogP contribution in [0.15, 0.2) is 12.4 Å². The molecule has 3 nitrogen and oxygen atoms in total. The Morgan fingerprint density at radius 2 is 2.07 bits per heavy atom. The molecule has 80 valence electrons. The van der Waals surface area contributed by atoms with E-state index >= 15 is 0 Å². The molecular weight excluding hydrogens is 174 g/mol. The number of aromatic nitrogens is 2. The Hall–Kier alpha value is -0.830. The Morgan fingerprint density at radius 1 is 1.43 bits per heavy atom. The number of hydrogen-bond donors (Lipinski definition) is 1. The first-order chi connectivity index (χ1) is 6.56. The summed E-state index contributed by atoms with van der Waals surface area (Å²) in [7, 11) is 0. The van der Waals surface area contributed by atoms with Crippen LogP contribution in [-0.4, -0.2) is 9.78 Å². The highest BCUT2D eigenvalue weighted by Crippen LogP contribution is 2.24. The van der Waals surface area contributed by atoms with Gasteiger partial charge in [0.05, 0.1) is 6.20 Å². The lowest BCUT2D eigenvalue weighted by Crippen LogP contribution is -2.22.